The molecule has 4 nitrogen and oxygen atoms in total. The number of hydrogen-bond donors (Lipinski definition) is 2. The van der Waals surface area contributed by atoms with Crippen LogP contribution in [-0.4, -0.2) is 8.42 Å². The van der Waals surface area contributed by atoms with E-state index in [0.717, 1.165) is 11.1 Å². The molecule has 0 aromatic heterocycles. The molecule has 0 heterocycles. The van der Waals surface area contributed by atoms with Crippen LogP contribution in [0.3, 0.4) is 0 Å². The number of nitrogen functional groups attached to an aromatic ring is 1. The number of anilines is 1. The Morgan fingerprint density at radius 3 is 2.48 bits per heavy atom. The zero-order chi connectivity index (χ0) is 15.6. The number of nitrogens with two attached hydrogens (primary N) is 1. The first-order chi connectivity index (χ1) is 9.81. The summed E-state index contributed by atoms with van der Waals surface area (Å²) < 4.78 is 28.6. The Kier molecular flexibility index (Phi) is 5.08. The molecule has 2 aromatic rings. The van der Waals surface area contributed by atoms with Gasteiger partial charge < -0.3 is 5.73 Å². The Hall–Kier alpha value is -0.890. The number of sulfonamides is 1. The SMILES string of the molecule is Cc1ccccc1CNS(=O)(=O)c1c(N)cc(Br)cc1Br. The van der Waals surface area contributed by atoms with E-state index in [2.05, 4.69) is 36.6 Å². The van der Waals surface area contributed by atoms with Crippen molar-refractivity contribution in [1.29, 1.82) is 0 Å². The van der Waals surface area contributed by atoms with Gasteiger partial charge in [-0.3, -0.25) is 0 Å². The fraction of sp³-hybridized carbons (Fsp3) is 0.143. The van der Waals surface area contributed by atoms with Crippen molar-refractivity contribution < 1.29 is 8.42 Å². The number of hydrogen-bond acceptors (Lipinski definition) is 3. The molecular formula is C14H14Br2N2O2S. The minimum absolute atomic E-state index is 0.0549. The van der Waals surface area contributed by atoms with E-state index in [4.69, 9.17) is 5.73 Å². The van der Waals surface area contributed by atoms with Crippen LogP contribution < -0.4 is 10.5 Å². The lowest BCUT2D eigenvalue weighted by Gasteiger charge is -2.12. The van der Waals surface area contributed by atoms with Crippen molar-refractivity contribution in [3.05, 3.63) is 56.5 Å². The lowest BCUT2D eigenvalue weighted by molar-refractivity contribution is 0.581. The molecule has 0 spiro atoms. The van der Waals surface area contributed by atoms with Gasteiger partial charge >= 0.3 is 0 Å². The highest BCUT2D eigenvalue weighted by Gasteiger charge is 2.21. The topological polar surface area (TPSA) is 72.2 Å². The van der Waals surface area contributed by atoms with E-state index in [0.29, 0.717) is 8.95 Å². The zero-order valence-electron chi connectivity index (χ0n) is 11.2. The van der Waals surface area contributed by atoms with Crippen LogP contribution in [0.25, 0.3) is 0 Å². The van der Waals surface area contributed by atoms with Crippen LogP contribution in [0.15, 0.2) is 50.2 Å². The second-order valence-corrected chi connectivity index (χ2v) is 8.03. The maximum atomic E-state index is 12.4. The molecule has 7 heteroatoms. The highest BCUT2D eigenvalue weighted by atomic mass is 79.9. The third kappa shape index (κ3) is 3.85. The molecule has 0 saturated heterocycles. The molecule has 2 aromatic carbocycles. The summed E-state index contributed by atoms with van der Waals surface area (Å²) in [7, 11) is -3.70. The standard InChI is InChI=1S/C14H14Br2N2O2S/c1-9-4-2-3-5-10(9)8-18-21(19,20)14-12(16)6-11(15)7-13(14)17/h2-7,18H,8,17H2,1H3. The van der Waals surface area contributed by atoms with Crippen LogP contribution in [0.1, 0.15) is 11.1 Å². The molecule has 0 atom stereocenters. The van der Waals surface area contributed by atoms with Gasteiger partial charge in [-0.2, -0.15) is 0 Å². The Labute approximate surface area is 141 Å². The smallest absolute Gasteiger partial charge is 0.244 e. The van der Waals surface area contributed by atoms with E-state index in [1.807, 2.05) is 31.2 Å². The fourth-order valence-corrected chi connectivity index (χ4v) is 4.99. The van der Waals surface area contributed by atoms with E-state index in [1.54, 1.807) is 12.1 Å². The summed E-state index contributed by atoms with van der Waals surface area (Å²) in [4.78, 5) is 0.0549. The average Bonchev–Trinajstić information content (AvgIpc) is 2.36. The summed E-state index contributed by atoms with van der Waals surface area (Å²) >= 11 is 6.52. The molecule has 0 bridgehead atoms. The molecule has 3 N–H and O–H groups in total. The van der Waals surface area contributed by atoms with Crippen molar-refractivity contribution in [2.75, 3.05) is 5.73 Å². The van der Waals surface area contributed by atoms with Crippen LogP contribution in [0.5, 0.6) is 0 Å². The molecule has 0 fully saturated rings. The summed E-state index contributed by atoms with van der Waals surface area (Å²) in [5.74, 6) is 0. The molecule has 0 aliphatic heterocycles. The number of halogens is 2. The van der Waals surface area contributed by atoms with Crippen molar-refractivity contribution in [3.63, 3.8) is 0 Å². The number of aryl methyl sites for hydroxylation is 1. The van der Waals surface area contributed by atoms with E-state index < -0.39 is 10.0 Å². The second kappa shape index (κ2) is 6.48. The molecule has 0 amide bonds. The van der Waals surface area contributed by atoms with Gasteiger partial charge in [-0.1, -0.05) is 40.2 Å². The van der Waals surface area contributed by atoms with Gasteiger partial charge in [0, 0.05) is 15.5 Å². The summed E-state index contributed by atoms with van der Waals surface area (Å²) in [5.41, 5.74) is 7.97. The first-order valence-electron chi connectivity index (χ1n) is 6.10. The lowest BCUT2D eigenvalue weighted by Crippen LogP contribution is -2.25. The third-order valence-corrected chi connectivity index (χ3v) is 5.88. The summed E-state index contributed by atoms with van der Waals surface area (Å²) in [5, 5.41) is 0. The van der Waals surface area contributed by atoms with E-state index in [9.17, 15) is 8.42 Å². The molecule has 0 unspecified atom stereocenters. The second-order valence-electron chi connectivity index (χ2n) is 4.56. The van der Waals surface area contributed by atoms with E-state index in [1.165, 1.54) is 0 Å². The van der Waals surface area contributed by atoms with Crippen LogP contribution in [0.2, 0.25) is 0 Å². The molecule has 2 rings (SSSR count). The Morgan fingerprint density at radius 1 is 1.19 bits per heavy atom. The van der Waals surface area contributed by atoms with Crippen molar-refractivity contribution in [1.82, 2.24) is 4.72 Å². The zero-order valence-corrected chi connectivity index (χ0v) is 15.2. The third-order valence-electron chi connectivity index (χ3n) is 3.02. The molecule has 0 aliphatic rings. The van der Waals surface area contributed by atoms with Gasteiger partial charge in [0.1, 0.15) is 4.90 Å². The molecular weight excluding hydrogens is 420 g/mol. The van der Waals surface area contributed by atoms with Crippen LogP contribution in [-0.2, 0) is 16.6 Å². The maximum Gasteiger partial charge on any atom is 0.244 e. The van der Waals surface area contributed by atoms with Gasteiger partial charge in [0.05, 0.1) is 5.69 Å². The number of rotatable bonds is 4. The normalized spacial score (nSPS) is 11.6. The summed E-state index contributed by atoms with van der Waals surface area (Å²) in [6, 6.07) is 10.8. The van der Waals surface area contributed by atoms with Gasteiger partial charge in [0.15, 0.2) is 0 Å². The Bertz CT molecular complexity index is 753. The monoisotopic (exact) mass is 432 g/mol. The minimum atomic E-state index is -3.70. The van der Waals surface area contributed by atoms with Gasteiger partial charge in [0.25, 0.3) is 0 Å². The van der Waals surface area contributed by atoms with E-state index >= 15 is 0 Å². The Balaban J connectivity index is 2.30. The van der Waals surface area contributed by atoms with Crippen molar-refractivity contribution in [2.45, 2.75) is 18.4 Å². The average molecular weight is 434 g/mol. The van der Waals surface area contributed by atoms with E-state index in [-0.39, 0.29) is 17.1 Å². The largest absolute Gasteiger partial charge is 0.398 e. The highest BCUT2D eigenvalue weighted by Crippen LogP contribution is 2.31. The first-order valence-corrected chi connectivity index (χ1v) is 9.17. The van der Waals surface area contributed by atoms with Crippen LogP contribution in [0, 0.1) is 6.92 Å². The number of benzene rings is 2. The van der Waals surface area contributed by atoms with Gasteiger partial charge in [-0.05, 0) is 46.1 Å². The molecule has 0 saturated carbocycles. The predicted octanol–water partition coefficient (Wildman–Crippen LogP) is 3.58. The van der Waals surface area contributed by atoms with Crippen molar-refractivity contribution >= 4 is 47.6 Å². The Morgan fingerprint density at radius 2 is 1.86 bits per heavy atom. The minimum Gasteiger partial charge on any atom is -0.398 e. The summed E-state index contributed by atoms with van der Waals surface area (Å²) in [6.45, 7) is 2.16. The quantitative estimate of drug-likeness (QED) is 0.723. The highest BCUT2D eigenvalue weighted by molar-refractivity contribution is 9.11. The van der Waals surface area contributed by atoms with Crippen molar-refractivity contribution in [2.24, 2.45) is 0 Å². The molecule has 21 heavy (non-hydrogen) atoms. The van der Waals surface area contributed by atoms with Gasteiger partial charge in [-0.25, -0.2) is 13.1 Å². The molecule has 0 aliphatic carbocycles. The summed E-state index contributed by atoms with van der Waals surface area (Å²) in [6.07, 6.45) is 0. The van der Waals surface area contributed by atoms with Crippen LogP contribution in [0.4, 0.5) is 5.69 Å². The predicted molar refractivity (Wildman–Crippen MR) is 91.5 cm³/mol. The molecule has 0 radical (unpaired) electrons. The van der Waals surface area contributed by atoms with Crippen LogP contribution >= 0.6 is 31.9 Å². The fourth-order valence-electron chi connectivity index (χ4n) is 1.92. The molecule has 112 valence electrons. The van der Waals surface area contributed by atoms with Crippen molar-refractivity contribution in [3.8, 4) is 0 Å². The lowest BCUT2D eigenvalue weighted by atomic mass is 10.1. The number of nitrogens with one attached hydrogen (secondary N) is 1. The van der Waals surface area contributed by atoms with Gasteiger partial charge in [0.2, 0.25) is 10.0 Å². The first kappa shape index (κ1) is 16.5. The maximum absolute atomic E-state index is 12.4. The van der Waals surface area contributed by atoms with Gasteiger partial charge in [-0.15, -0.1) is 0 Å².